The molecule has 1 aromatic rings. The second kappa shape index (κ2) is 7.05. The zero-order chi connectivity index (χ0) is 15.4. The number of anilines is 1. The van der Waals surface area contributed by atoms with Gasteiger partial charge in [-0.05, 0) is 64.3 Å². The van der Waals surface area contributed by atoms with E-state index in [1.807, 2.05) is 45.0 Å². The number of aliphatic hydroxyl groups excluding tert-OH is 1. The van der Waals surface area contributed by atoms with Gasteiger partial charge >= 0.3 is 0 Å². The molecule has 1 heterocycles. The fourth-order valence-electron chi connectivity index (χ4n) is 3.13. The van der Waals surface area contributed by atoms with Crippen molar-refractivity contribution in [2.75, 3.05) is 11.9 Å². The molecule has 1 fully saturated rings. The van der Waals surface area contributed by atoms with Crippen LogP contribution >= 0.6 is 0 Å². The van der Waals surface area contributed by atoms with Gasteiger partial charge in [-0.25, -0.2) is 0 Å². The van der Waals surface area contributed by atoms with E-state index in [2.05, 4.69) is 10.2 Å². The molecule has 4 heteroatoms. The van der Waals surface area contributed by atoms with E-state index < -0.39 is 0 Å². The first kappa shape index (κ1) is 16.0. The fourth-order valence-corrected chi connectivity index (χ4v) is 3.13. The quantitative estimate of drug-likeness (QED) is 0.876. The average molecular weight is 290 g/mol. The van der Waals surface area contributed by atoms with Crippen LogP contribution in [0.5, 0.6) is 0 Å². The maximum atomic E-state index is 12.4. The highest BCUT2D eigenvalue weighted by atomic mass is 16.3. The topological polar surface area (TPSA) is 52.6 Å². The third kappa shape index (κ3) is 4.29. The van der Waals surface area contributed by atoms with Crippen LogP contribution in [0.15, 0.2) is 24.3 Å². The molecule has 0 spiro atoms. The standard InChI is InChI=1S/C17H26N2O2/c1-12-6-4-7-15(10-12)18-17(21)14(3)19-9-5-8-16(19)11-13(2)20/h4,6-7,10,13-14,16,20H,5,8-9,11H2,1-3H3,(H,18,21). The molecule has 0 aliphatic carbocycles. The molecule has 2 rings (SSSR count). The predicted octanol–water partition coefficient (Wildman–Crippen LogP) is 2.56. The van der Waals surface area contributed by atoms with Crippen molar-refractivity contribution in [3.63, 3.8) is 0 Å². The number of hydrogen-bond acceptors (Lipinski definition) is 3. The van der Waals surface area contributed by atoms with E-state index in [4.69, 9.17) is 0 Å². The van der Waals surface area contributed by atoms with Crippen LogP contribution in [-0.4, -0.2) is 40.6 Å². The smallest absolute Gasteiger partial charge is 0.241 e. The van der Waals surface area contributed by atoms with Crippen LogP contribution < -0.4 is 5.32 Å². The van der Waals surface area contributed by atoms with Crippen LogP contribution in [0, 0.1) is 6.92 Å². The Morgan fingerprint density at radius 3 is 2.90 bits per heavy atom. The third-order valence-electron chi connectivity index (χ3n) is 4.20. The number of likely N-dealkylation sites (tertiary alicyclic amines) is 1. The lowest BCUT2D eigenvalue weighted by atomic mass is 10.1. The number of nitrogens with one attached hydrogen (secondary N) is 1. The van der Waals surface area contributed by atoms with Crippen molar-refractivity contribution in [1.29, 1.82) is 0 Å². The molecule has 3 unspecified atom stereocenters. The second-order valence-electron chi connectivity index (χ2n) is 6.15. The van der Waals surface area contributed by atoms with E-state index in [1.165, 1.54) is 0 Å². The molecule has 2 N–H and O–H groups in total. The normalized spacial score (nSPS) is 22.0. The lowest BCUT2D eigenvalue weighted by Crippen LogP contribution is -2.45. The van der Waals surface area contributed by atoms with Gasteiger partial charge in [0.25, 0.3) is 0 Å². The number of carbonyl (C=O) groups excluding carboxylic acids is 1. The first-order valence-corrected chi connectivity index (χ1v) is 7.78. The van der Waals surface area contributed by atoms with Gasteiger partial charge < -0.3 is 10.4 Å². The summed E-state index contributed by atoms with van der Waals surface area (Å²) in [5, 5.41) is 12.6. The predicted molar refractivity (Wildman–Crippen MR) is 85.3 cm³/mol. The van der Waals surface area contributed by atoms with E-state index in [9.17, 15) is 9.90 Å². The number of aryl methyl sites for hydroxylation is 1. The van der Waals surface area contributed by atoms with Gasteiger partial charge in [-0.2, -0.15) is 0 Å². The average Bonchev–Trinajstić information content (AvgIpc) is 2.85. The van der Waals surface area contributed by atoms with Crippen LogP contribution in [0.1, 0.15) is 38.7 Å². The number of carbonyl (C=O) groups is 1. The first-order chi connectivity index (χ1) is 9.97. The minimum Gasteiger partial charge on any atom is -0.393 e. The number of aliphatic hydroxyl groups is 1. The molecule has 1 aromatic carbocycles. The van der Waals surface area contributed by atoms with Gasteiger partial charge in [0.1, 0.15) is 0 Å². The number of benzene rings is 1. The zero-order valence-electron chi connectivity index (χ0n) is 13.2. The Hall–Kier alpha value is -1.39. The van der Waals surface area contributed by atoms with Crippen LogP contribution in [0.25, 0.3) is 0 Å². The maximum absolute atomic E-state index is 12.4. The lowest BCUT2D eigenvalue weighted by Gasteiger charge is -2.30. The summed E-state index contributed by atoms with van der Waals surface area (Å²) in [5.41, 5.74) is 1.98. The fraction of sp³-hybridized carbons (Fsp3) is 0.588. The van der Waals surface area contributed by atoms with E-state index in [-0.39, 0.29) is 18.1 Å². The molecule has 1 saturated heterocycles. The van der Waals surface area contributed by atoms with Gasteiger partial charge in [-0.3, -0.25) is 9.69 Å². The van der Waals surface area contributed by atoms with E-state index in [1.54, 1.807) is 0 Å². The Kier molecular flexibility index (Phi) is 5.37. The van der Waals surface area contributed by atoms with Crippen molar-refractivity contribution >= 4 is 11.6 Å². The molecular weight excluding hydrogens is 264 g/mol. The monoisotopic (exact) mass is 290 g/mol. The molecule has 1 aliphatic rings. The number of hydrogen-bond donors (Lipinski definition) is 2. The molecule has 4 nitrogen and oxygen atoms in total. The molecule has 21 heavy (non-hydrogen) atoms. The molecule has 1 aliphatic heterocycles. The summed E-state index contributed by atoms with van der Waals surface area (Å²) in [6.45, 7) is 6.71. The maximum Gasteiger partial charge on any atom is 0.241 e. The highest BCUT2D eigenvalue weighted by Gasteiger charge is 2.32. The van der Waals surface area contributed by atoms with Crippen LogP contribution in [0.4, 0.5) is 5.69 Å². The van der Waals surface area contributed by atoms with Gasteiger partial charge in [0.2, 0.25) is 5.91 Å². The van der Waals surface area contributed by atoms with Crippen molar-refractivity contribution in [3.05, 3.63) is 29.8 Å². The summed E-state index contributed by atoms with van der Waals surface area (Å²) in [4.78, 5) is 14.6. The SMILES string of the molecule is Cc1cccc(NC(=O)C(C)N2CCCC2CC(C)O)c1. The Balaban J connectivity index is 1.98. The summed E-state index contributed by atoms with van der Waals surface area (Å²) >= 11 is 0. The summed E-state index contributed by atoms with van der Waals surface area (Å²) in [5.74, 6) is 0.0260. The number of amides is 1. The molecule has 116 valence electrons. The number of rotatable bonds is 5. The molecule has 0 bridgehead atoms. The van der Waals surface area contributed by atoms with Gasteiger partial charge in [-0.1, -0.05) is 12.1 Å². The third-order valence-corrected chi connectivity index (χ3v) is 4.20. The highest BCUT2D eigenvalue weighted by molar-refractivity contribution is 5.94. The van der Waals surface area contributed by atoms with E-state index in [0.717, 1.165) is 37.1 Å². The van der Waals surface area contributed by atoms with Crippen LogP contribution in [0.3, 0.4) is 0 Å². The first-order valence-electron chi connectivity index (χ1n) is 7.78. The summed E-state index contributed by atoms with van der Waals surface area (Å²) in [6, 6.07) is 7.98. The molecule has 0 radical (unpaired) electrons. The van der Waals surface area contributed by atoms with Crippen molar-refractivity contribution in [3.8, 4) is 0 Å². The number of nitrogens with zero attached hydrogens (tertiary/aromatic N) is 1. The minimum atomic E-state index is -0.317. The minimum absolute atomic E-state index is 0.0260. The molecule has 0 aromatic heterocycles. The van der Waals surface area contributed by atoms with Crippen molar-refractivity contribution in [2.24, 2.45) is 0 Å². The van der Waals surface area contributed by atoms with Crippen LogP contribution in [0.2, 0.25) is 0 Å². The van der Waals surface area contributed by atoms with Crippen LogP contribution in [-0.2, 0) is 4.79 Å². The Morgan fingerprint density at radius 2 is 2.24 bits per heavy atom. The zero-order valence-corrected chi connectivity index (χ0v) is 13.2. The van der Waals surface area contributed by atoms with E-state index in [0.29, 0.717) is 6.04 Å². The largest absolute Gasteiger partial charge is 0.393 e. The Morgan fingerprint density at radius 1 is 1.48 bits per heavy atom. The Bertz CT molecular complexity index is 487. The van der Waals surface area contributed by atoms with Gasteiger partial charge in [0.05, 0.1) is 12.1 Å². The van der Waals surface area contributed by atoms with Gasteiger partial charge in [0, 0.05) is 11.7 Å². The van der Waals surface area contributed by atoms with Gasteiger partial charge in [0.15, 0.2) is 0 Å². The molecular formula is C17H26N2O2. The summed E-state index contributed by atoms with van der Waals surface area (Å²) in [7, 11) is 0. The highest BCUT2D eigenvalue weighted by Crippen LogP contribution is 2.24. The second-order valence-corrected chi connectivity index (χ2v) is 6.15. The van der Waals surface area contributed by atoms with E-state index >= 15 is 0 Å². The molecule has 0 saturated carbocycles. The van der Waals surface area contributed by atoms with Gasteiger partial charge in [-0.15, -0.1) is 0 Å². The lowest BCUT2D eigenvalue weighted by molar-refractivity contribution is -0.121. The molecule has 3 atom stereocenters. The Labute approximate surface area is 127 Å². The molecule has 1 amide bonds. The van der Waals surface area contributed by atoms with Crippen molar-refractivity contribution in [1.82, 2.24) is 4.90 Å². The summed E-state index contributed by atoms with van der Waals surface area (Å²) in [6.07, 6.45) is 2.58. The van der Waals surface area contributed by atoms with Crippen molar-refractivity contribution in [2.45, 2.75) is 58.2 Å². The summed E-state index contributed by atoms with van der Waals surface area (Å²) < 4.78 is 0. The van der Waals surface area contributed by atoms with Crippen molar-refractivity contribution < 1.29 is 9.90 Å².